The molecule has 12 heterocycles. The molecule has 0 aromatic heterocycles. The fraction of sp³-hybridized carbons (Fsp3) is 0.939. The van der Waals surface area contributed by atoms with Crippen LogP contribution < -0.4 is 26.6 Å². The summed E-state index contributed by atoms with van der Waals surface area (Å²) in [5.74, 6) is -4.94. The second kappa shape index (κ2) is 52.8. The lowest BCUT2D eigenvalue weighted by molar-refractivity contribution is -0.403. The van der Waals surface area contributed by atoms with Gasteiger partial charge < -0.3 is 299 Å². The minimum Gasteiger partial charge on any atom is -0.394 e. The first kappa shape index (κ1) is 121. The van der Waals surface area contributed by atoms with Crippen LogP contribution in [0.25, 0.3) is 0 Å². The second-order valence-corrected chi connectivity index (χ2v) is 37.3. The van der Waals surface area contributed by atoms with Crippen molar-refractivity contribution in [1.82, 2.24) is 26.6 Å². The molecule has 12 aliphatic heterocycles. The maximum atomic E-state index is 13.7. The van der Waals surface area contributed by atoms with E-state index in [-0.39, 0.29) is 0 Å². The molecular formula is C82H137N5O60. The zero-order valence-corrected chi connectivity index (χ0v) is 79.2. The highest BCUT2D eigenvalue weighted by Crippen LogP contribution is 2.43. The third-order valence-electron chi connectivity index (χ3n) is 27.0. The average Bonchev–Trinajstić information content (AvgIpc) is 0.760. The number of aliphatic hydroxyl groups is 32. The van der Waals surface area contributed by atoms with Gasteiger partial charge in [0.05, 0.1) is 78.8 Å². The van der Waals surface area contributed by atoms with Crippen LogP contribution in [0.5, 0.6) is 0 Å². The normalized spacial score (nSPS) is 49.6. The van der Waals surface area contributed by atoms with Crippen molar-refractivity contribution in [1.29, 1.82) is 0 Å². The number of amides is 5. The quantitative estimate of drug-likeness (QED) is 0.0273. The first-order chi connectivity index (χ1) is 69.5. The summed E-state index contributed by atoms with van der Waals surface area (Å²) in [5, 5.41) is 374. The summed E-state index contributed by atoms with van der Waals surface area (Å²) in [6.45, 7) is -7.28. The lowest BCUT2D eigenvalue weighted by atomic mass is 9.93. The molecular weight excluding hydrogens is 2010 g/mol. The van der Waals surface area contributed by atoms with Crippen LogP contribution in [0, 0.1) is 0 Å². The largest absolute Gasteiger partial charge is 0.394 e. The number of nitrogens with one attached hydrogen (secondary N) is 5. The first-order valence-electron chi connectivity index (χ1n) is 47.0. The molecule has 5 amide bonds. The summed E-state index contributed by atoms with van der Waals surface area (Å²) >= 11 is 0. The number of carbonyl (C=O) groups is 5. The molecule has 0 unspecified atom stereocenters. The van der Waals surface area contributed by atoms with E-state index in [0.29, 0.717) is 0 Å². The Balaban J connectivity index is 0.932. The molecule has 0 radical (unpaired) electrons. The minimum absolute atomic E-state index is 0.842. The summed E-state index contributed by atoms with van der Waals surface area (Å²) in [4.78, 5) is 65.7. The first-order valence-corrected chi connectivity index (χ1v) is 47.0. The van der Waals surface area contributed by atoms with Crippen molar-refractivity contribution in [2.45, 2.75) is 410 Å². The third-order valence-corrected chi connectivity index (χ3v) is 27.0. The molecule has 65 nitrogen and oxygen atoms in total. The third kappa shape index (κ3) is 26.8. The van der Waals surface area contributed by atoms with Gasteiger partial charge in [0.15, 0.2) is 75.5 Å². The van der Waals surface area contributed by atoms with E-state index >= 15 is 0 Å². The van der Waals surface area contributed by atoms with Gasteiger partial charge in [-0.1, -0.05) is 0 Å². The van der Waals surface area contributed by atoms with Crippen LogP contribution in [0.4, 0.5) is 0 Å². The molecule has 12 rings (SSSR count). The van der Waals surface area contributed by atoms with Crippen LogP contribution in [-0.2, 0) is 133 Å². The Labute approximate surface area is 832 Å². The molecule has 0 aromatic rings. The van der Waals surface area contributed by atoms with Gasteiger partial charge in [0, 0.05) is 34.6 Å². The molecule has 12 fully saturated rings. The van der Waals surface area contributed by atoms with Gasteiger partial charge in [-0.15, -0.1) is 0 Å². The molecule has 37 N–H and O–H groups in total. The van der Waals surface area contributed by atoms with E-state index in [9.17, 15) is 187 Å². The summed E-state index contributed by atoms with van der Waals surface area (Å²) in [6.07, 6.45) is -120. The lowest BCUT2D eigenvalue weighted by Crippen LogP contribution is -2.71. The van der Waals surface area contributed by atoms with Crippen molar-refractivity contribution in [2.75, 3.05) is 72.7 Å². The number of carbonyl (C=O) groups excluding carboxylic acids is 5. The minimum atomic E-state index is -2.77. The standard InChI is InChI=1S/C82H137N5O60/c1-18-40(102)51(113)57(119)76(127-18)144-67-39(87-23(6)101)75(136-32(15-96)66(67)143-79-60(122)54(116)43(105)26(9-90)131-79)147-70-55(117)44(106)27(10-91)132-82(70)145-68-46(108)34(137-80(61(68)123)142-65-31(14-95)134-73(37(49(65)111)85-21(4)99)139-62-28(11-92)128-71(124)35(47(62)109)83-19(2)97)17-126-81-69(146-74-38(86-22(5)100)50(112)64(30(13-94)135-74)141-78-59(121)53(115)42(104)25(8-89)130-78)56(118)45(107)33(138-81)16-125-72-36(84-20(3)98)48(110)63(29(12-93)133-72)140-77-58(120)52(114)41(103)24(7-88)129-77/h18,24-82,88-96,102-124H,7-17H2,1-6H3,(H,83,97)(H,84,98)(H,85,99)(H,86,100)(H,87,101)/t18-,24+,25+,26+,27+,28+,29+,30+,31+,32+,33+,34+,35+,36+,37+,38+,39+,40+,41-,42-,43-,44+,45+,46+,47+,48+,49+,50+,51+,52-,53-,54-,55-,56-,57-,58+,59+,60+,61-,62+,63+,64+,65+,66+,67+,68-,69-,70-,71+,72+,73-,74-,75-,76-,77-,78-,79-,80-,81-,82+/m0/s1. The van der Waals surface area contributed by atoms with Crippen LogP contribution in [0.1, 0.15) is 41.5 Å². The fourth-order valence-electron chi connectivity index (χ4n) is 19.2. The smallest absolute Gasteiger partial charge is 0.217 e. The van der Waals surface area contributed by atoms with Crippen molar-refractivity contribution in [3.05, 3.63) is 0 Å². The molecule has 65 heteroatoms. The Hall–Kier alpha value is -4.85. The number of ether oxygens (including phenoxy) is 23. The Kier molecular flexibility index (Phi) is 43.4. The highest BCUT2D eigenvalue weighted by molar-refractivity contribution is 5.75. The molecule has 0 saturated carbocycles. The molecule has 0 spiro atoms. The molecule has 0 aliphatic carbocycles. The van der Waals surface area contributed by atoms with Gasteiger partial charge in [0.1, 0.15) is 287 Å². The summed E-state index contributed by atoms with van der Waals surface area (Å²) in [5.41, 5.74) is 0. The van der Waals surface area contributed by atoms with Gasteiger partial charge in [0.25, 0.3) is 0 Å². The second-order valence-electron chi connectivity index (χ2n) is 37.3. The Morgan fingerprint density at radius 1 is 0.190 bits per heavy atom. The van der Waals surface area contributed by atoms with E-state index in [1.165, 1.54) is 6.92 Å². The maximum absolute atomic E-state index is 13.7. The van der Waals surface area contributed by atoms with E-state index in [0.717, 1.165) is 34.6 Å². The molecule has 0 aromatic carbocycles. The van der Waals surface area contributed by atoms with Gasteiger partial charge in [-0.05, 0) is 6.92 Å². The van der Waals surface area contributed by atoms with Crippen LogP contribution in [0.2, 0.25) is 0 Å². The molecule has 147 heavy (non-hydrogen) atoms. The van der Waals surface area contributed by atoms with Gasteiger partial charge in [-0.25, -0.2) is 0 Å². The Morgan fingerprint density at radius 2 is 0.429 bits per heavy atom. The Bertz CT molecular complexity index is 4110. The van der Waals surface area contributed by atoms with Crippen LogP contribution in [0.3, 0.4) is 0 Å². The maximum Gasteiger partial charge on any atom is 0.217 e. The molecule has 12 aliphatic rings. The van der Waals surface area contributed by atoms with Gasteiger partial charge in [-0.2, -0.15) is 0 Å². The monoisotopic (exact) mass is 2150 g/mol. The van der Waals surface area contributed by atoms with Gasteiger partial charge >= 0.3 is 0 Å². The van der Waals surface area contributed by atoms with Crippen LogP contribution in [-0.4, -0.2) is 634 Å². The van der Waals surface area contributed by atoms with Crippen LogP contribution in [0.15, 0.2) is 0 Å². The summed E-state index contributed by atoms with van der Waals surface area (Å²) in [7, 11) is 0. The average molecular weight is 2150 g/mol. The highest BCUT2D eigenvalue weighted by atomic mass is 16.8. The lowest BCUT2D eigenvalue weighted by Gasteiger charge is -2.52. The van der Waals surface area contributed by atoms with E-state index in [1.54, 1.807) is 0 Å². The highest BCUT2D eigenvalue weighted by Gasteiger charge is 2.64. The number of aliphatic hydroxyl groups excluding tert-OH is 32. The predicted octanol–water partition coefficient (Wildman–Crippen LogP) is -25.4. The topological polar surface area (TPSA) is 1010 Å². The van der Waals surface area contributed by atoms with Crippen molar-refractivity contribution in [3.8, 4) is 0 Å². The van der Waals surface area contributed by atoms with Gasteiger partial charge in [-0.3, -0.25) is 24.0 Å². The number of hydrogen-bond acceptors (Lipinski definition) is 60. The van der Waals surface area contributed by atoms with E-state index in [1.807, 2.05) is 0 Å². The molecule has 0 bridgehead atoms. The fourth-order valence-corrected chi connectivity index (χ4v) is 19.2. The Morgan fingerprint density at radius 3 is 0.823 bits per heavy atom. The van der Waals surface area contributed by atoms with E-state index in [2.05, 4.69) is 26.6 Å². The summed E-state index contributed by atoms with van der Waals surface area (Å²) in [6, 6.07) is -9.91. The SMILES string of the molecule is CC(=O)N[C@@H]1[C@@H](O)[C@H](O[C@@H]2O[C@H](CO)[C@@H](O[C@@H]3O[C@H](CO[C@H]4O[C@H](CO[C@@H]5O[C@H](CO)[C@@H](O[C@@H]6O[C@H](CO)[C@H](O)[C@H](O)[C@H]6O)[C@H](O)[C@H]5NC(C)=O)[C@@H](O)[C@H](O)[C@@H]4O[C@@H]4O[C@H](CO)[C@@H](O[C@@H]5O[C@H](CO)[C@H](O)[C@H](O)[C@H]5O)[C@H](O)[C@H]4NC(C)=O)[C@@H](O)[C@H](O[C@H]4O[C@H](CO)[C@@H](O)[C@H](O)[C@@H]4O[C@@H]4O[C@H](CO)[C@@H](O[C@@H]5O[C@H](CO)[C@H](O)[C@H](O)[C@H]5O)[C@H](O[C@@H]5O[C@@H](C)[C@@H](O)[C@@H](O)[C@@H]5O)[C@H]4NC(C)=O)[C@@H]3O)[C@H](O)[C@H]2NC(C)=O)[C@@H](CO)O[C@H]1O. The van der Waals surface area contributed by atoms with Crippen molar-refractivity contribution >= 4 is 29.5 Å². The molecule has 12 saturated heterocycles. The van der Waals surface area contributed by atoms with Crippen LogP contribution >= 0.6 is 0 Å². The number of hydrogen-bond donors (Lipinski definition) is 37. The van der Waals surface area contributed by atoms with Gasteiger partial charge in [0.2, 0.25) is 29.5 Å². The van der Waals surface area contributed by atoms with Crippen molar-refractivity contribution in [2.24, 2.45) is 0 Å². The van der Waals surface area contributed by atoms with E-state index in [4.69, 9.17) is 109 Å². The molecule has 850 valence electrons. The number of rotatable bonds is 38. The summed E-state index contributed by atoms with van der Waals surface area (Å²) < 4.78 is 139. The zero-order valence-electron chi connectivity index (χ0n) is 79.2. The predicted molar refractivity (Wildman–Crippen MR) is 452 cm³/mol. The van der Waals surface area contributed by atoms with Crippen molar-refractivity contribution in [3.63, 3.8) is 0 Å². The molecule has 60 atom stereocenters. The van der Waals surface area contributed by atoms with Crippen molar-refractivity contribution < 1.29 is 296 Å². The van der Waals surface area contributed by atoms with E-state index < -0.39 is 470 Å². The zero-order chi connectivity index (χ0) is 108.